The maximum absolute atomic E-state index is 13.3. The molecule has 0 amide bonds. The molecule has 1 aromatic carbocycles. The lowest BCUT2D eigenvalue weighted by molar-refractivity contribution is 0.595. The van der Waals surface area contributed by atoms with Crippen molar-refractivity contribution in [2.45, 2.75) is 13.3 Å². The van der Waals surface area contributed by atoms with Gasteiger partial charge in [0.15, 0.2) is 0 Å². The Morgan fingerprint density at radius 1 is 1.50 bits per heavy atom. The van der Waals surface area contributed by atoms with Crippen LogP contribution in [0.2, 0.25) is 0 Å². The number of hydrogen-bond donors (Lipinski definition) is 0. The molecule has 1 heterocycles. The van der Waals surface area contributed by atoms with Crippen molar-refractivity contribution in [3.05, 3.63) is 29.6 Å². The van der Waals surface area contributed by atoms with E-state index in [4.69, 9.17) is 5.26 Å². The molecule has 2 nitrogen and oxygen atoms in total. The zero-order chi connectivity index (χ0) is 11.3. The van der Waals surface area contributed by atoms with Gasteiger partial charge in [0.25, 0.3) is 0 Å². The van der Waals surface area contributed by atoms with Crippen LogP contribution < -0.4 is 4.90 Å². The number of nitrogens with zero attached hydrogens (tertiary/aromatic N) is 2. The van der Waals surface area contributed by atoms with Crippen LogP contribution in [0.25, 0.3) is 0 Å². The monoisotopic (exact) mass is 216 g/mol. The largest absolute Gasteiger partial charge is 0.371 e. The maximum atomic E-state index is 13.3. The van der Waals surface area contributed by atoms with Gasteiger partial charge in [-0.15, -0.1) is 0 Å². The van der Waals surface area contributed by atoms with E-state index in [1.165, 1.54) is 18.6 Å². The van der Waals surface area contributed by atoms with Crippen LogP contribution in [0.1, 0.15) is 18.9 Å². The van der Waals surface area contributed by atoms with Crippen molar-refractivity contribution in [1.82, 2.24) is 0 Å². The SMILES string of the molecule is CC12CC1CN(c1cc(F)cc(C#N)c1)C2. The highest BCUT2D eigenvalue weighted by Crippen LogP contribution is 2.57. The molecule has 2 atom stereocenters. The Morgan fingerprint density at radius 2 is 2.31 bits per heavy atom. The topological polar surface area (TPSA) is 27.0 Å². The van der Waals surface area contributed by atoms with Gasteiger partial charge in [-0.25, -0.2) is 4.39 Å². The quantitative estimate of drug-likeness (QED) is 0.721. The summed E-state index contributed by atoms with van der Waals surface area (Å²) in [6.45, 7) is 4.28. The first-order chi connectivity index (χ1) is 7.60. The molecule has 82 valence electrons. The summed E-state index contributed by atoms with van der Waals surface area (Å²) < 4.78 is 13.3. The van der Waals surface area contributed by atoms with E-state index in [-0.39, 0.29) is 5.82 Å². The number of anilines is 1. The van der Waals surface area contributed by atoms with Crippen LogP contribution in [0.3, 0.4) is 0 Å². The van der Waals surface area contributed by atoms with Crippen LogP contribution in [0.5, 0.6) is 0 Å². The summed E-state index contributed by atoms with van der Waals surface area (Å²) in [5.74, 6) is 0.445. The average Bonchev–Trinajstić information content (AvgIpc) is 2.76. The predicted octanol–water partition coefficient (Wildman–Crippen LogP) is 2.54. The van der Waals surface area contributed by atoms with Gasteiger partial charge in [-0.05, 0) is 36.0 Å². The zero-order valence-corrected chi connectivity index (χ0v) is 9.20. The van der Waals surface area contributed by atoms with Crippen molar-refractivity contribution < 1.29 is 4.39 Å². The highest BCUT2D eigenvalue weighted by Gasteiger charge is 2.56. The fourth-order valence-corrected chi connectivity index (χ4v) is 2.77. The van der Waals surface area contributed by atoms with Crippen LogP contribution in [0.15, 0.2) is 18.2 Å². The molecule has 1 aliphatic heterocycles. The fraction of sp³-hybridized carbons (Fsp3) is 0.462. The molecule has 0 aromatic heterocycles. The highest BCUT2D eigenvalue weighted by atomic mass is 19.1. The molecule has 0 spiro atoms. The van der Waals surface area contributed by atoms with Crippen molar-refractivity contribution in [2.75, 3.05) is 18.0 Å². The van der Waals surface area contributed by atoms with Gasteiger partial charge in [0, 0.05) is 18.8 Å². The maximum Gasteiger partial charge on any atom is 0.126 e. The van der Waals surface area contributed by atoms with Crippen LogP contribution in [-0.4, -0.2) is 13.1 Å². The molecule has 0 N–H and O–H groups in total. The number of rotatable bonds is 1. The second-order valence-electron chi connectivity index (χ2n) is 5.25. The first kappa shape index (κ1) is 9.65. The van der Waals surface area contributed by atoms with Gasteiger partial charge in [-0.3, -0.25) is 0 Å². The molecule has 1 aromatic rings. The second-order valence-corrected chi connectivity index (χ2v) is 5.25. The molecule has 1 saturated carbocycles. The van der Waals surface area contributed by atoms with E-state index >= 15 is 0 Å². The molecule has 0 radical (unpaired) electrons. The lowest BCUT2D eigenvalue weighted by Crippen LogP contribution is -2.23. The Hall–Kier alpha value is -1.56. The van der Waals surface area contributed by atoms with Gasteiger partial charge in [0.1, 0.15) is 5.82 Å². The van der Waals surface area contributed by atoms with Crippen molar-refractivity contribution in [1.29, 1.82) is 5.26 Å². The smallest absolute Gasteiger partial charge is 0.126 e. The molecule has 2 aliphatic rings. The lowest BCUT2D eigenvalue weighted by atomic mass is 10.1. The molecule has 3 heteroatoms. The predicted molar refractivity (Wildman–Crippen MR) is 59.5 cm³/mol. The van der Waals surface area contributed by atoms with Gasteiger partial charge in [-0.1, -0.05) is 6.92 Å². The standard InChI is InChI=1S/C13H13FN2/c1-13-5-10(13)7-16(8-13)12-3-9(6-15)2-11(14)4-12/h2-4,10H,5,7-8H2,1H3. The van der Waals surface area contributed by atoms with E-state index in [1.54, 1.807) is 6.07 Å². The van der Waals surface area contributed by atoms with E-state index in [2.05, 4.69) is 11.8 Å². The molecular weight excluding hydrogens is 203 g/mol. The third kappa shape index (κ3) is 1.37. The normalized spacial score (nSPS) is 31.1. The molecule has 2 unspecified atom stereocenters. The number of nitriles is 1. The summed E-state index contributed by atoms with van der Waals surface area (Å²) in [6, 6.07) is 6.57. The van der Waals surface area contributed by atoms with Crippen molar-refractivity contribution >= 4 is 5.69 Å². The lowest BCUT2D eigenvalue weighted by Gasteiger charge is -2.22. The Labute approximate surface area is 94.3 Å². The highest BCUT2D eigenvalue weighted by molar-refractivity contribution is 5.54. The van der Waals surface area contributed by atoms with Gasteiger partial charge in [0.05, 0.1) is 11.6 Å². The molecule has 1 aliphatic carbocycles. The summed E-state index contributed by atoms with van der Waals surface area (Å²) in [5, 5.41) is 8.81. The van der Waals surface area contributed by atoms with Crippen molar-refractivity contribution in [2.24, 2.45) is 11.3 Å². The van der Waals surface area contributed by atoms with E-state index in [0.29, 0.717) is 11.0 Å². The molecule has 2 fully saturated rings. The Kier molecular flexibility index (Phi) is 1.79. The first-order valence-electron chi connectivity index (χ1n) is 5.56. The molecule has 16 heavy (non-hydrogen) atoms. The van der Waals surface area contributed by atoms with Crippen molar-refractivity contribution in [3.63, 3.8) is 0 Å². The third-order valence-electron chi connectivity index (χ3n) is 3.91. The van der Waals surface area contributed by atoms with E-state index in [0.717, 1.165) is 24.7 Å². The van der Waals surface area contributed by atoms with Gasteiger partial charge < -0.3 is 4.90 Å². The minimum absolute atomic E-state index is 0.320. The van der Waals surface area contributed by atoms with Crippen molar-refractivity contribution in [3.8, 4) is 6.07 Å². The van der Waals surface area contributed by atoms with E-state index in [1.807, 2.05) is 6.07 Å². The summed E-state index contributed by atoms with van der Waals surface area (Å²) >= 11 is 0. The van der Waals surface area contributed by atoms with Crippen LogP contribution in [0.4, 0.5) is 10.1 Å². The molecule has 3 rings (SSSR count). The Bertz CT molecular complexity index is 491. The number of halogens is 1. The van der Waals surface area contributed by atoms with Crippen LogP contribution >= 0.6 is 0 Å². The Morgan fingerprint density at radius 3 is 2.94 bits per heavy atom. The number of hydrogen-bond acceptors (Lipinski definition) is 2. The van der Waals surface area contributed by atoms with Gasteiger partial charge in [-0.2, -0.15) is 5.26 Å². The second kappa shape index (κ2) is 2.98. The third-order valence-corrected chi connectivity index (χ3v) is 3.91. The minimum atomic E-state index is -0.320. The van der Waals surface area contributed by atoms with E-state index in [9.17, 15) is 4.39 Å². The summed E-state index contributed by atoms with van der Waals surface area (Å²) in [4.78, 5) is 2.19. The van der Waals surface area contributed by atoms with Crippen LogP contribution in [0, 0.1) is 28.5 Å². The zero-order valence-electron chi connectivity index (χ0n) is 9.20. The fourth-order valence-electron chi connectivity index (χ4n) is 2.77. The number of fused-ring (bicyclic) bond motifs is 1. The van der Waals surface area contributed by atoms with Gasteiger partial charge in [0.2, 0.25) is 0 Å². The van der Waals surface area contributed by atoms with Gasteiger partial charge >= 0.3 is 0 Å². The number of benzene rings is 1. The number of piperidine rings is 1. The molecule has 0 bridgehead atoms. The molecule has 1 saturated heterocycles. The first-order valence-corrected chi connectivity index (χ1v) is 5.56. The van der Waals surface area contributed by atoms with E-state index < -0.39 is 0 Å². The van der Waals surface area contributed by atoms with Crippen LogP contribution in [-0.2, 0) is 0 Å². The average molecular weight is 216 g/mol. The summed E-state index contributed by atoms with van der Waals surface area (Å²) in [5.41, 5.74) is 1.70. The minimum Gasteiger partial charge on any atom is -0.371 e. The summed E-state index contributed by atoms with van der Waals surface area (Å²) in [7, 11) is 0. The molecular formula is C13H13FN2. The Balaban J connectivity index is 1.90. The summed E-state index contributed by atoms with van der Waals surface area (Å²) in [6.07, 6.45) is 1.30.